The quantitative estimate of drug-likeness (QED) is 0.832. The number of halogens is 2. The maximum Gasteiger partial charge on any atom is 0.137 e. The van der Waals surface area contributed by atoms with E-state index in [9.17, 15) is 4.39 Å². The van der Waals surface area contributed by atoms with Crippen molar-refractivity contribution in [1.82, 2.24) is 5.32 Å². The summed E-state index contributed by atoms with van der Waals surface area (Å²) in [6.07, 6.45) is 0.687. The zero-order chi connectivity index (χ0) is 12.0. The first-order valence-corrected chi connectivity index (χ1v) is 6.06. The van der Waals surface area contributed by atoms with E-state index in [0.29, 0.717) is 10.9 Å². The Morgan fingerprint density at radius 1 is 1.50 bits per heavy atom. The molecule has 86 valence electrons. The molecule has 0 radical (unpaired) electrons. The van der Waals surface area contributed by atoms with Gasteiger partial charge in [0.1, 0.15) is 5.82 Å². The van der Waals surface area contributed by atoms with Crippen LogP contribution in [-0.4, -0.2) is 6.54 Å². The average molecular weight is 284 g/mol. The molecule has 0 aliphatic heterocycles. The van der Waals surface area contributed by atoms with E-state index in [1.807, 2.05) is 19.9 Å². The van der Waals surface area contributed by atoms with Crippen LogP contribution in [-0.2, 0) is 0 Å². The van der Waals surface area contributed by atoms with Gasteiger partial charge in [-0.2, -0.15) is 0 Å². The highest BCUT2D eigenvalue weighted by Gasteiger charge is 2.14. The lowest BCUT2D eigenvalue weighted by atomic mass is 10.0. The number of benzene rings is 1. The van der Waals surface area contributed by atoms with Gasteiger partial charge in [0.25, 0.3) is 0 Å². The number of hydrogen-bond donors (Lipinski definition) is 1. The van der Waals surface area contributed by atoms with E-state index in [1.165, 1.54) is 6.07 Å². The Bertz CT molecular complexity index is 406. The zero-order valence-corrected chi connectivity index (χ0v) is 11.1. The van der Waals surface area contributed by atoms with Gasteiger partial charge >= 0.3 is 0 Å². The van der Waals surface area contributed by atoms with Gasteiger partial charge in [0.05, 0.1) is 4.47 Å². The van der Waals surface area contributed by atoms with Gasteiger partial charge in [-0.3, -0.25) is 0 Å². The molecule has 16 heavy (non-hydrogen) atoms. The highest BCUT2D eigenvalue weighted by molar-refractivity contribution is 9.10. The van der Waals surface area contributed by atoms with Gasteiger partial charge in [-0.15, -0.1) is 11.8 Å². The van der Waals surface area contributed by atoms with Crippen LogP contribution in [0.4, 0.5) is 4.39 Å². The summed E-state index contributed by atoms with van der Waals surface area (Å²) in [6, 6.07) is 5.15. The third-order valence-corrected chi connectivity index (χ3v) is 3.13. The smallest absolute Gasteiger partial charge is 0.137 e. The third-order valence-electron chi connectivity index (χ3n) is 2.29. The maximum absolute atomic E-state index is 13.4. The minimum absolute atomic E-state index is 0.0718. The Morgan fingerprint density at radius 3 is 2.88 bits per heavy atom. The molecule has 0 heterocycles. The highest BCUT2D eigenvalue weighted by Crippen LogP contribution is 2.27. The summed E-state index contributed by atoms with van der Waals surface area (Å²) in [5.74, 6) is 5.65. The topological polar surface area (TPSA) is 12.0 Å². The molecule has 0 fully saturated rings. The largest absolute Gasteiger partial charge is 0.309 e. The van der Waals surface area contributed by atoms with Crippen LogP contribution < -0.4 is 5.32 Å². The lowest BCUT2D eigenvalue weighted by Crippen LogP contribution is -2.21. The number of hydrogen-bond acceptors (Lipinski definition) is 1. The van der Waals surface area contributed by atoms with E-state index in [2.05, 4.69) is 33.1 Å². The summed E-state index contributed by atoms with van der Waals surface area (Å²) in [6.45, 7) is 4.67. The first-order chi connectivity index (χ1) is 7.70. The van der Waals surface area contributed by atoms with Crippen molar-refractivity contribution < 1.29 is 4.39 Å². The molecule has 1 unspecified atom stereocenters. The molecule has 0 aliphatic carbocycles. The van der Waals surface area contributed by atoms with E-state index < -0.39 is 0 Å². The molecule has 0 aliphatic rings. The minimum atomic E-state index is -0.232. The van der Waals surface area contributed by atoms with Crippen molar-refractivity contribution in [2.45, 2.75) is 26.3 Å². The van der Waals surface area contributed by atoms with Gasteiger partial charge in [0.2, 0.25) is 0 Å². The Balaban J connectivity index is 2.98. The lowest BCUT2D eigenvalue weighted by Gasteiger charge is -2.17. The molecular weight excluding hydrogens is 269 g/mol. The Labute approximate surface area is 105 Å². The van der Waals surface area contributed by atoms with Crippen molar-refractivity contribution in [2.75, 3.05) is 6.54 Å². The molecule has 0 bridgehead atoms. The van der Waals surface area contributed by atoms with E-state index in [4.69, 9.17) is 0 Å². The summed E-state index contributed by atoms with van der Waals surface area (Å²) in [4.78, 5) is 0. The van der Waals surface area contributed by atoms with Gasteiger partial charge in [0.15, 0.2) is 0 Å². The van der Waals surface area contributed by atoms with Crippen LogP contribution >= 0.6 is 15.9 Å². The Hall–Kier alpha value is -0.850. The van der Waals surface area contributed by atoms with Crippen LogP contribution in [0.25, 0.3) is 0 Å². The van der Waals surface area contributed by atoms with Gasteiger partial charge in [-0.25, -0.2) is 4.39 Å². The van der Waals surface area contributed by atoms with Crippen molar-refractivity contribution in [1.29, 1.82) is 0 Å². The maximum atomic E-state index is 13.4. The van der Waals surface area contributed by atoms with Gasteiger partial charge in [0, 0.05) is 12.5 Å². The van der Waals surface area contributed by atoms with Crippen LogP contribution in [0, 0.1) is 17.7 Å². The summed E-state index contributed by atoms with van der Waals surface area (Å²) in [5, 5.41) is 3.30. The molecule has 0 saturated heterocycles. The number of nitrogens with one attached hydrogen (secondary N) is 1. The highest BCUT2D eigenvalue weighted by atomic mass is 79.9. The van der Waals surface area contributed by atoms with Gasteiger partial charge < -0.3 is 5.32 Å². The van der Waals surface area contributed by atoms with E-state index >= 15 is 0 Å². The van der Waals surface area contributed by atoms with Gasteiger partial charge in [-0.05, 0) is 41.0 Å². The molecule has 0 amide bonds. The fourth-order valence-corrected chi connectivity index (χ4v) is 2.07. The lowest BCUT2D eigenvalue weighted by molar-refractivity contribution is 0.552. The summed E-state index contributed by atoms with van der Waals surface area (Å²) < 4.78 is 13.9. The monoisotopic (exact) mass is 283 g/mol. The molecule has 1 aromatic carbocycles. The zero-order valence-electron chi connectivity index (χ0n) is 9.48. The fraction of sp³-hybridized carbons (Fsp3) is 0.385. The van der Waals surface area contributed by atoms with E-state index in [-0.39, 0.29) is 11.9 Å². The van der Waals surface area contributed by atoms with Crippen LogP contribution in [0.1, 0.15) is 31.9 Å². The number of rotatable bonds is 4. The van der Waals surface area contributed by atoms with E-state index in [0.717, 1.165) is 12.1 Å². The molecule has 1 aromatic rings. The second-order valence-electron chi connectivity index (χ2n) is 3.38. The van der Waals surface area contributed by atoms with Crippen LogP contribution in [0.2, 0.25) is 0 Å². The van der Waals surface area contributed by atoms with Crippen molar-refractivity contribution >= 4 is 15.9 Å². The van der Waals surface area contributed by atoms with Crippen molar-refractivity contribution in [3.8, 4) is 11.8 Å². The second kappa shape index (κ2) is 6.67. The molecule has 0 spiro atoms. The summed E-state index contributed by atoms with van der Waals surface area (Å²) >= 11 is 3.28. The van der Waals surface area contributed by atoms with E-state index in [1.54, 1.807) is 6.07 Å². The predicted molar refractivity (Wildman–Crippen MR) is 68.6 cm³/mol. The molecule has 1 rings (SSSR count). The standard InChI is InChI=1S/C13H15BrFN/c1-3-5-9-12(16-4-2)10-7-6-8-11(15)13(10)14/h6-8,12,16H,4,9H2,1-2H3. The van der Waals surface area contributed by atoms with Crippen molar-refractivity contribution in [2.24, 2.45) is 0 Å². The Kier molecular flexibility index (Phi) is 5.51. The molecule has 0 saturated carbocycles. The summed E-state index contributed by atoms with van der Waals surface area (Å²) in [7, 11) is 0. The summed E-state index contributed by atoms with van der Waals surface area (Å²) in [5.41, 5.74) is 0.921. The molecule has 1 N–H and O–H groups in total. The Morgan fingerprint density at radius 2 is 2.25 bits per heavy atom. The SMILES string of the molecule is CC#CCC(NCC)c1cccc(F)c1Br. The van der Waals surface area contributed by atoms with Crippen molar-refractivity contribution in [3.63, 3.8) is 0 Å². The minimum Gasteiger partial charge on any atom is -0.309 e. The second-order valence-corrected chi connectivity index (χ2v) is 4.18. The average Bonchev–Trinajstić information content (AvgIpc) is 2.28. The fourth-order valence-electron chi connectivity index (χ4n) is 1.53. The van der Waals surface area contributed by atoms with Gasteiger partial charge in [-0.1, -0.05) is 19.1 Å². The molecular formula is C13H15BrFN. The molecule has 1 nitrogen and oxygen atoms in total. The molecule has 3 heteroatoms. The third kappa shape index (κ3) is 3.33. The molecule has 1 atom stereocenters. The van der Waals surface area contributed by atoms with Crippen LogP contribution in [0.5, 0.6) is 0 Å². The normalized spacial score (nSPS) is 11.8. The van der Waals surface area contributed by atoms with Crippen LogP contribution in [0.3, 0.4) is 0 Å². The first-order valence-electron chi connectivity index (χ1n) is 5.27. The van der Waals surface area contributed by atoms with Crippen LogP contribution in [0.15, 0.2) is 22.7 Å². The predicted octanol–water partition coefficient (Wildman–Crippen LogP) is 3.65. The first kappa shape index (κ1) is 13.2. The van der Waals surface area contributed by atoms with Crippen molar-refractivity contribution in [3.05, 3.63) is 34.1 Å². The molecule has 0 aromatic heterocycles.